The Hall–Kier alpha value is -2.24. The molecule has 1 fully saturated rings. The first kappa shape index (κ1) is 23.9. The van der Waals surface area contributed by atoms with Gasteiger partial charge in [0.05, 0.1) is 10.6 Å². The Balaban J connectivity index is 1.69. The molecule has 2 aromatic rings. The van der Waals surface area contributed by atoms with Crippen LogP contribution in [0.4, 0.5) is 11.4 Å². The van der Waals surface area contributed by atoms with Crippen molar-refractivity contribution in [3.63, 3.8) is 0 Å². The van der Waals surface area contributed by atoms with Gasteiger partial charge in [-0.3, -0.25) is 4.79 Å². The number of hydrogen-bond acceptors (Lipinski definition) is 4. The van der Waals surface area contributed by atoms with Crippen LogP contribution in [-0.2, 0) is 4.79 Å². The van der Waals surface area contributed by atoms with Gasteiger partial charge in [0.1, 0.15) is 0 Å². The molecular weight excluding hydrogens is 450 g/mol. The summed E-state index contributed by atoms with van der Waals surface area (Å²) in [6, 6.07) is 10.6. The lowest BCUT2D eigenvalue weighted by molar-refractivity contribution is -0.115. The molecule has 0 unspecified atom stereocenters. The van der Waals surface area contributed by atoms with E-state index in [2.05, 4.69) is 68.9 Å². The van der Waals surface area contributed by atoms with E-state index in [1.54, 1.807) is 0 Å². The SMILES string of the molecule is Cc1cc2c(cc1/C=C1\SC(=Nc3cc(Cl)ccc3C)NC1=O)[C@H](C)CC(C)(C)N2C(C)C. The Morgan fingerprint density at radius 2 is 1.94 bits per heavy atom. The molecule has 0 radical (unpaired) electrons. The summed E-state index contributed by atoms with van der Waals surface area (Å²) in [5.41, 5.74) is 6.81. The van der Waals surface area contributed by atoms with Crippen LogP contribution in [0.5, 0.6) is 0 Å². The van der Waals surface area contributed by atoms with Crippen molar-refractivity contribution in [3.05, 3.63) is 62.5 Å². The molecule has 0 bridgehead atoms. The third-order valence-corrected chi connectivity index (χ3v) is 7.66. The number of amides is 1. The van der Waals surface area contributed by atoms with E-state index in [4.69, 9.17) is 11.6 Å². The number of benzene rings is 2. The standard InChI is InChI=1S/C27H32ClN3OS/c1-15(2)31-23-10-17(4)19(11-21(23)18(5)14-27(31,6)7)12-24-25(32)30-26(33-24)29-22-13-20(28)9-8-16(22)3/h8-13,15,18H,14H2,1-7H3,(H,29,30,32)/b24-12-/t18-/m1/s1. The smallest absolute Gasteiger partial charge is 0.264 e. The number of rotatable bonds is 3. The highest BCUT2D eigenvalue weighted by atomic mass is 35.5. The Kier molecular flexibility index (Phi) is 6.41. The van der Waals surface area contributed by atoms with Crippen molar-refractivity contribution in [2.45, 2.75) is 72.4 Å². The first-order valence-electron chi connectivity index (χ1n) is 11.5. The van der Waals surface area contributed by atoms with Crippen molar-refractivity contribution < 1.29 is 4.79 Å². The number of hydrogen-bond donors (Lipinski definition) is 1. The minimum Gasteiger partial charge on any atom is -0.364 e. The second kappa shape index (κ2) is 8.84. The lowest BCUT2D eigenvalue weighted by Crippen LogP contribution is -2.51. The van der Waals surface area contributed by atoms with Crippen molar-refractivity contribution >= 4 is 51.9 Å². The fourth-order valence-electron chi connectivity index (χ4n) is 5.18. The largest absolute Gasteiger partial charge is 0.364 e. The Morgan fingerprint density at radius 3 is 2.64 bits per heavy atom. The zero-order valence-electron chi connectivity index (χ0n) is 20.4. The highest BCUT2D eigenvalue weighted by Gasteiger charge is 2.38. The molecule has 4 nitrogen and oxygen atoms in total. The van der Waals surface area contributed by atoms with E-state index >= 15 is 0 Å². The maximum absolute atomic E-state index is 12.7. The lowest BCUT2D eigenvalue weighted by Gasteiger charge is -2.50. The maximum atomic E-state index is 12.7. The summed E-state index contributed by atoms with van der Waals surface area (Å²) in [6.45, 7) is 15.6. The molecule has 1 amide bonds. The Labute approximate surface area is 206 Å². The molecule has 4 rings (SSSR count). The summed E-state index contributed by atoms with van der Waals surface area (Å²) in [4.78, 5) is 20.5. The van der Waals surface area contributed by atoms with Crippen LogP contribution >= 0.6 is 23.4 Å². The molecule has 2 aliphatic heterocycles. The van der Waals surface area contributed by atoms with Crippen LogP contribution in [0.15, 0.2) is 40.2 Å². The van der Waals surface area contributed by atoms with Crippen LogP contribution in [0.25, 0.3) is 6.08 Å². The normalized spacial score (nSPS) is 22.3. The fourth-order valence-corrected chi connectivity index (χ4v) is 6.17. The van der Waals surface area contributed by atoms with Crippen LogP contribution in [0.2, 0.25) is 5.02 Å². The third-order valence-electron chi connectivity index (χ3n) is 6.51. The molecule has 1 N–H and O–H groups in total. The van der Waals surface area contributed by atoms with E-state index in [9.17, 15) is 4.79 Å². The van der Waals surface area contributed by atoms with Gasteiger partial charge in [-0.15, -0.1) is 0 Å². The molecule has 33 heavy (non-hydrogen) atoms. The molecule has 0 spiro atoms. The lowest BCUT2D eigenvalue weighted by atomic mass is 9.78. The van der Waals surface area contributed by atoms with E-state index in [1.165, 1.54) is 28.6 Å². The maximum Gasteiger partial charge on any atom is 0.264 e. The van der Waals surface area contributed by atoms with Gasteiger partial charge in [0.15, 0.2) is 5.17 Å². The number of aryl methyl sites for hydroxylation is 2. The van der Waals surface area contributed by atoms with E-state index in [1.807, 2.05) is 31.2 Å². The van der Waals surface area contributed by atoms with Crippen LogP contribution in [0.1, 0.15) is 69.2 Å². The molecular formula is C27H32ClN3OS. The number of carbonyl (C=O) groups is 1. The average Bonchev–Trinajstić information content (AvgIpc) is 3.03. The number of anilines is 1. The van der Waals surface area contributed by atoms with Crippen molar-refractivity contribution in [3.8, 4) is 0 Å². The summed E-state index contributed by atoms with van der Waals surface area (Å²) >= 11 is 7.50. The summed E-state index contributed by atoms with van der Waals surface area (Å²) in [5.74, 6) is 0.337. The summed E-state index contributed by atoms with van der Waals surface area (Å²) in [7, 11) is 0. The van der Waals surface area contributed by atoms with Crippen molar-refractivity contribution in [2.75, 3.05) is 4.90 Å². The van der Waals surface area contributed by atoms with E-state index in [0.717, 1.165) is 23.2 Å². The van der Waals surface area contributed by atoms with Crippen LogP contribution < -0.4 is 10.2 Å². The number of aliphatic imine (C=N–C) groups is 1. The van der Waals surface area contributed by atoms with Gasteiger partial charge in [0, 0.05) is 22.3 Å². The van der Waals surface area contributed by atoms with Gasteiger partial charge < -0.3 is 10.2 Å². The number of nitrogens with one attached hydrogen (secondary N) is 1. The van der Waals surface area contributed by atoms with Crippen LogP contribution in [0, 0.1) is 13.8 Å². The monoisotopic (exact) mass is 481 g/mol. The van der Waals surface area contributed by atoms with Crippen LogP contribution in [0.3, 0.4) is 0 Å². The highest BCUT2D eigenvalue weighted by Crippen LogP contribution is 2.46. The number of carbonyl (C=O) groups excluding carboxylic acids is 1. The predicted molar refractivity (Wildman–Crippen MR) is 143 cm³/mol. The summed E-state index contributed by atoms with van der Waals surface area (Å²) in [5, 5.41) is 4.10. The molecule has 2 aromatic carbocycles. The van der Waals surface area contributed by atoms with Crippen molar-refractivity contribution in [1.82, 2.24) is 5.32 Å². The molecule has 0 aromatic heterocycles. The Morgan fingerprint density at radius 1 is 1.21 bits per heavy atom. The van der Waals surface area contributed by atoms with E-state index in [0.29, 0.717) is 27.1 Å². The summed E-state index contributed by atoms with van der Waals surface area (Å²) < 4.78 is 0. The molecule has 2 aliphatic rings. The molecule has 1 saturated heterocycles. The van der Waals surface area contributed by atoms with Crippen molar-refractivity contribution in [1.29, 1.82) is 0 Å². The first-order chi connectivity index (χ1) is 15.5. The number of amidine groups is 1. The summed E-state index contributed by atoms with van der Waals surface area (Å²) in [6.07, 6.45) is 3.09. The molecule has 0 aliphatic carbocycles. The van der Waals surface area contributed by atoms with Gasteiger partial charge in [-0.1, -0.05) is 24.6 Å². The zero-order chi connectivity index (χ0) is 24.1. The number of fused-ring (bicyclic) bond motifs is 1. The fraction of sp³-hybridized carbons (Fsp3) is 0.407. The average molecular weight is 482 g/mol. The number of thioether (sulfide) groups is 1. The van der Waals surface area contributed by atoms with Gasteiger partial charge in [0.25, 0.3) is 5.91 Å². The molecule has 6 heteroatoms. The molecule has 0 saturated carbocycles. The van der Waals surface area contributed by atoms with Crippen LogP contribution in [-0.4, -0.2) is 22.7 Å². The molecule has 2 heterocycles. The number of halogens is 1. The second-order valence-electron chi connectivity index (χ2n) is 10.1. The van der Waals surface area contributed by atoms with Gasteiger partial charge in [0.2, 0.25) is 0 Å². The highest BCUT2D eigenvalue weighted by molar-refractivity contribution is 8.18. The van der Waals surface area contributed by atoms with Gasteiger partial charge >= 0.3 is 0 Å². The first-order valence-corrected chi connectivity index (χ1v) is 12.7. The minimum absolute atomic E-state index is 0.109. The quantitative estimate of drug-likeness (QED) is 0.466. The minimum atomic E-state index is -0.117. The molecule has 1 atom stereocenters. The third kappa shape index (κ3) is 4.71. The van der Waals surface area contributed by atoms with E-state index < -0.39 is 0 Å². The van der Waals surface area contributed by atoms with Gasteiger partial charge in [-0.2, -0.15) is 0 Å². The zero-order valence-corrected chi connectivity index (χ0v) is 22.0. The topological polar surface area (TPSA) is 44.7 Å². The predicted octanol–water partition coefficient (Wildman–Crippen LogP) is 7.35. The van der Waals surface area contributed by atoms with E-state index in [-0.39, 0.29) is 11.4 Å². The van der Waals surface area contributed by atoms with Crippen molar-refractivity contribution in [2.24, 2.45) is 4.99 Å². The molecule has 174 valence electrons. The van der Waals surface area contributed by atoms with Gasteiger partial charge in [-0.25, -0.2) is 4.99 Å². The second-order valence-corrected chi connectivity index (χ2v) is 11.5. The Bertz CT molecular complexity index is 1180. The number of nitrogens with zero attached hydrogens (tertiary/aromatic N) is 2. The van der Waals surface area contributed by atoms with Gasteiger partial charge in [-0.05, 0) is 118 Å².